The van der Waals surface area contributed by atoms with Crippen LogP contribution in [0.25, 0.3) is 10.9 Å². The third-order valence-electron chi connectivity index (χ3n) is 3.84. The number of aromatic nitrogens is 1. The number of hydrogen-bond acceptors (Lipinski definition) is 4. The number of rotatable bonds is 7. The predicted octanol–water partition coefficient (Wildman–Crippen LogP) is 2.22. The summed E-state index contributed by atoms with van der Waals surface area (Å²) in [5, 5.41) is 12.2. The Morgan fingerprint density at radius 2 is 2.08 bits per heavy atom. The van der Waals surface area contributed by atoms with E-state index in [1.54, 1.807) is 10.6 Å². The zero-order valence-corrected chi connectivity index (χ0v) is 14.1. The molecule has 0 aliphatic heterocycles. The number of benzene rings is 1. The first-order valence-corrected chi connectivity index (χ1v) is 7.83. The van der Waals surface area contributed by atoms with Gasteiger partial charge in [0.25, 0.3) is 0 Å². The fraction of sp³-hybridized carbons (Fsp3) is 0.412. The van der Waals surface area contributed by atoms with Gasteiger partial charge in [-0.3, -0.25) is 4.79 Å². The summed E-state index contributed by atoms with van der Waals surface area (Å²) < 4.78 is 15.9. The molecule has 0 unspecified atom stereocenters. The number of halogens is 1. The zero-order chi connectivity index (χ0) is 17.9. The first-order valence-electron chi connectivity index (χ1n) is 7.83. The minimum atomic E-state index is -1.31. The molecule has 0 bridgehead atoms. The Kier molecular flexibility index (Phi) is 5.56. The van der Waals surface area contributed by atoms with E-state index >= 15 is 0 Å². The van der Waals surface area contributed by atoms with Crippen LogP contribution in [-0.2, 0) is 6.54 Å². The van der Waals surface area contributed by atoms with Crippen LogP contribution in [-0.4, -0.2) is 47.7 Å². The van der Waals surface area contributed by atoms with Crippen LogP contribution in [0.4, 0.5) is 10.1 Å². The second kappa shape index (κ2) is 7.44. The summed E-state index contributed by atoms with van der Waals surface area (Å²) in [6.07, 6.45) is 2.16. The lowest BCUT2D eigenvalue weighted by atomic mass is 10.1. The smallest absolute Gasteiger partial charge is 0.341 e. The van der Waals surface area contributed by atoms with Crippen molar-refractivity contribution in [1.29, 1.82) is 0 Å². The maximum absolute atomic E-state index is 14.3. The van der Waals surface area contributed by atoms with Crippen molar-refractivity contribution in [3.63, 3.8) is 0 Å². The third kappa shape index (κ3) is 3.73. The van der Waals surface area contributed by atoms with Gasteiger partial charge in [-0.2, -0.15) is 0 Å². The number of nitrogens with zero attached hydrogens (tertiary/aromatic N) is 2. The largest absolute Gasteiger partial charge is 0.477 e. The van der Waals surface area contributed by atoms with Gasteiger partial charge in [-0.25, -0.2) is 9.18 Å². The van der Waals surface area contributed by atoms with E-state index in [-0.39, 0.29) is 10.9 Å². The number of anilines is 1. The molecule has 0 saturated carbocycles. The molecule has 0 saturated heterocycles. The lowest BCUT2D eigenvalue weighted by molar-refractivity contribution is 0.0695. The quantitative estimate of drug-likeness (QED) is 0.759. The summed E-state index contributed by atoms with van der Waals surface area (Å²) in [4.78, 5) is 25.5. The molecule has 130 valence electrons. The summed E-state index contributed by atoms with van der Waals surface area (Å²) in [5.41, 5.74) is -0.189. The van der Waals surface area contributed by atoms with Gasteiger partial charge in [0, 0.05) is 24.7 Å². The van der Waals surface area contributed by atoms with E-state index in [1.807, 2.05) is 25.9 Å². The monoisotopic (exact) mass is 335 g/mol. The van der Waals surface area contributed by atoms with Crippen LogP contribution in [0, 0.1) is 5.82 Å². The van der Waals surface area contributed by atoms with Gasteiger partial charge in [0.15, 0.2) is 0 Å². The molecule has 7 heteroatoms. The first kappa shape index (κ1) is 17.9. The highest BCUT2D eigenvalue weighted by Crippen LogP contribution is 2.22. The van der Waals surface area contributed by atoms with Crippen molar-refractivity contribution in [3.8, 4) is 0 Å². The highest BCUT2D eigenvalue weighted by molar-refractivity contribution is 5.93. The molecule has 2 N–H and O–H groups in total. The molecular weight excluding hydrogens is 313 g/mol. The molecule has 1 aromatic carbocycles. The SMILES string of the molecule is CCn1cc(C(=O)O)c(=O)c2cc(F)c(NCCCN(C)C)cc21. The van der Waals surface area contributed by atoms with Crippen molar-refractivity contribution < 1.29 is 14.3 Å². The maximum Gasteiger partial charge on any atom is 0.341 e. The Hall–Kier alpha value is -2.41. The summed E-state index contributed by atoms with van der Waals surface area (Å²) in [5.74, 6) is -1.87. The van der Waals surface area contributed by atoms with Crippen molar-refractivity contribution in [2.24, 2.45) is 0 Å². The lowest BCUT2D eigenvalue weighted by Gasteiger charge is -2.14. The van der Waals surface area contributed by atoms with Crippen LogP contribution in [0.15, 0.2) is 23.1 Å². The van der Waals surface area contributed by atoms with Crippen LogP contribution in [0.2, 0.25) is 0 Å². The molecule has 2 aromatic rings. The third-order valence-corrected chi connectivity index (χ3v) is 3.84. The molecule has 0 amide bonds. The Labute approximate surface area is 139 Å². The fourth-order valence-electron chi connectivity index (χ4n) is 2.58. The number of aromatic carboxylic acids is 1. The van der Waals surface area contributed by atoms with Crippen LogP contribution in [0.5, 0.6) is 0 Å². The van der Waals surface area contributed by atoms with Gasteiger partial charge < -0.3 is 19.9 Å². The van der Waals surface area contributed by atoms with Crippen molar-refractivity contribution in [3.05, 3.63) is 39.9 Å². The average Bonchev–Trinajstić information content (AvgIpc) is 2.52. The van der Waals surface area contributed by atoms with Crippen LogP contribution in [0.1, 0.15) is 23.7 Å². The minimum Gasteiger partial charge on any atom is -0.477 e. The minimum absolute atomic E-state index is 0.0769. The molecule has 1 aromatic heterocycles. The Bertz CT molecular complexity index is 815. The number of hydrogen-bond donors (Lipinski definition) is 2. The van der Waals surface area contributed by atoms with E-state index in [4.69, 9.17) is 5.11 Å². The molecule has 0 radical (unpaired) electrons. The van der Waals surface area contributed by atoms with E-state index < -0.39 is 17.2 Å². The summed E-state index contributed by atoms with van der Waals surface area (Å²) in [7, 11) is 3.94. The van der Waals surface area contributed by atoms with Gasteiger partial charge in [0.2, 0.25) is 5.43 Å². The molecule has 6 nitrogen and oxygen atoms in total. The van der Waals surface area contributed by atoms with Gasteiger partial charge in [0.1, 0.15) is 11.4 Å². The molecule has 0 atom stereocenters. The van der Waals surface area contributed by atoms with E-state index in [1.165, 1.54) is 6.20 Å². The zero-order valence-electron chi connectivity index (χ0n) is 14.1. The highest BCUT2D eigenvalue weighted by Gasteiger charge is 2.16. The van der Waals surface area contributed by atoms with Crippen molar-refractivity contribution >= 4 is 22.6 Å². The van der Waals surface area contributed by atoms with Gasteiger partial charge in [0.05, 0.1) is 11.2 Å². The van der Waals surface area contributed by atoms with Crippen molar-refractivity contribution in [1.82, 2.24) is 9.47 Å². The number of fused-ring (bicyclic) bond motifs is 1. The van der Waals surface area contributed by atoms with Crippen molar-refractivity contribution in [2.45, 2.75) is 19.9 Å². The van der Waals surface area contributed by atoms with Gasteiger partial charge >= 0.3 is 5.97 Å². The number of carbonyl (C=O) groups is 1. The van der Waals surface area contributed by atoms with Gasteiger partial charge in [-0.05, 0) is 46.1 Å². The predicted molar refractivity (Wildman–Crippen MR) is 92.5 cm³/mol. The van der Waals surface area contributed by atoms with E-state index in [9.17, 15) is 14.0 Å². The average molecular weight is 335 g/mol. The first-order chi connectivity index (χ1) is 11.3. The molecule has 0 fully saturated rings. The number of carboxylic acid groups (broad SMARTS) is 1. The number of aryl methyl sites for hydroxylation is 1. The molecular formula is C17H22FN3O3. The standard InChI is InChI=1S/C17H22FN3O3/c1-4-21-10-12(17(23)24)16(22)11-8-13(18)14(9-15(11)21)19-6-5-7-20(2)3/h8-10,19H,4-7H2,1-3H3,(H,23,24). The van der Waals surface area contributed by atoms with Crippen molar-refractivity contribution in [2.75, 3.05) is 32.5 Å². The summed E-state index contributed by atoms with van der Waals surface area (Å²) >= 11 is 0. The Morgan fingerprint density at radius 1 is 1.38 bits per heavy atom. The van der Waals surface area contributed by atoms with E-state index in [0.717, 1.165) is 19.0 Å². The topological polar surface area (TPSA) is 74.6 Å². The molecule has 1 heterocycles. The Balaban J connectivity index is 2.44. The maximum atomic E-state index is 14.3. The number of carboxylic acids is 1. The lowest BCUT2D eigenvalue weighted by Crippen LogP contribution is -2.19. The van der Waals surface area contributed by atoms with Crippen LogP contribution < -0.4 is 10.7 Å². The second-order valence-corrected chi connectivity index (χ2v) is 5.90. The number of pyridine rings is 1. The second-order valence-electron chi connectivity index (χ2n) is 5.90. The highest BCUT2D eigenvalue weighted by atomic mass is 19.1. The van der Waals surface area contributed by atoms with Gasteiger partial charge in [-0.1, -0.05) is 0 Å². The van der Waals surface area contributed by atoms with E-state index in [0.29, 0.717) is 24.3 Å². The van der Waals surface area contributed by atoms with Crippen LogP contribution in [0.3, 0.4) is 0 Å². The van der Waals surface area contributed by atoms with Crippen LogP contribution >= 0.6 is 0 Å². The normalized spacial score (nSPS) is 11.2. The summed E-state index contributed by atoms with van der Waals surface area (Å²) in [6.45, 7) is 3.79. The fourth-order valence-corrected chi connectivity index (χ4v) is 2.58. The molecule has 24 heavy (non-hydrogen) atoms. The molecule has 0 aliphatic rings. The number of nitrogens with one attached hydrogen (secondary N) is 1. The van der Waals surface area contributed by atoms with Gasteiger partial charge in [-0.15, -0.1) is 0 Å². The van der Waals surface area contributed by atoms with E-state index in [2.05, 4.69) is 5.32 Å². The summed E-state index contributed by atoms with van der Waals surface area (Å²) in [6, 6.07) is 2.68. The molecule has 0 spiro atoms. The molecule has 2 rings (SSSR count). The Morgan fingerprint density at radius 3 is 2.67 bits per heavy atom. The molecule has 0 aliphatic carbocycles.